The highest BCUT2D eigenvalue weighted by Crippen LogP contribution is 2.28. The Labute approximate surface area is 96.2 Å². The van der Waals surface area contributed by atoms with E-state index in [2.05, 4.69) is 0 Å². The molecular weight excluding hydrogens is 200 g/mol. The largest absolute Gasteiger partial charge is 0.332 e. The fraction of sp³-hybridized carbons (Fsp3) is 0.462. The summed E-state index contributed by atoms with van der Waals surface area (Å²) in [6, 6.07) is 9.45. The van der Waals surface area contributed by atoms with Crippen LogP contribution in [0.5, 0.6) is 0 Å². The molecule has 3 heteroatoms. The van der Waals surface area contributed by atoms with Crippen molar-refractivity contribution in [1.82, 2.24) is 4.90 Å². The summed E-state index contributed by atoms with van der Waals surface area (Å²) in [7, 11) is 0. The predicted molar refractivity (Wildman–Crippen MR) is 64.1 cm³/mol. The summed E-state index contributed by atoms with van der Waals surface area (Å²) >= 11 is 0. The van der Waals surface area contributed by atoms with Crippen LogP contribution in [0.4, 0.5) is 0 Å². The van der Waals surface area contributed by atoms with Crippen molar-refractivity contribution in [3.8, 4) is 0 Å². The quantitative estimate of drug-likeness (QED) is 0.779. The van der Waals surface area contributed by atoms with Gasteiger partial charge in [0.1, 0.15) is 0 Å². The number of likely N-dealkylation sites (tertiary alicyclic amines) is 1. The molecular formula is C13H18N2O. The lowest BCUT2D eigenvalue weighted by Gasteiger charge is -2.34. The van der Waals surface area contributed by atoms with E-state index in [1.54, 1.807) is 0 Å². The average Bonchev–Trinajstić information content (AvgIpc) is 2.54. The first-order valence-corrected chi connectivity index (χ1v) is 5.66. The number of nitrogens with zero attached hydrogens (tertiary/aromatic N) is 1. The summed E-state index contributed by atoms with van der Waals surface area (Å²) in [6.07, 6.45) is 0.881. The topological polar surface area (TPSA) is 46.3 Å². The van der Waals surface area contributed by atoms with Gasteiger partial charge in [0.05, 0.1) is 5.54 Å². The van der Waals surface area contributed by atoms with Crippen LogP contribution in [0.2, 0.25) is 0 Å². The van der Waals surface area contributed by atoms with Gasteiger partial charge < -0.3 is 10.6 Å². The standard InChI is InChI=1S/C13H18N2O/c1-13(2)11(14)8-9-15(13)12(16)10-6-4-3-5-7-10/h3-7,11H,8-9,14H2,1-2H3. The van der Waals surface area contributed by atoms with Crippen LogP contribution < -0.4 is 5.73 Å². The molecule has 1 aromatic rings. The number of rotatable bonds is 1. The minimum Gasteiger partial charge on any atom is -0.332 e. The Hall–Kier alpha value is -1.35. The van der Waals surface area contributed by atoms with Gasteiger partial charge >= 0.3 is 0 Å². The molecule has 0 radical (unpaired) electrons. The minimum absolute atomic E-state index is 0.0696. The van der Waals surface area contributed by atoms with Crippen LogP contribution in [0, 0.1) is 0 Å². The van der Waals surface area contributed by atoms with Crippen LogP contribution in [0.25, 0.3) is 0 Å². The van der Waals surface area contributed by atoms with Crippen molar-refractivity contribution in [1.29, 1.82) is 0 Å². The Morgan fingerprint density at radius 2 is 2.00 bits per heavy atom. The van der Waals surface area contributed by atoms with Crippen LogP contribution in [0.15, 0.2) is 30.3 Å². The lowest BCUT2D eigenvalue weighted by Crippen LogP contribution is -2.51. The van der Waals surface area contributed by atoms with Crippen LogP contribution in [0.1, 0.15) is 30.6 Å². The lowest BCUT2D eigenvalue weighted by atomic mass is 9.96. The molecule has 0 aliphatic carbocycles. The summed E-state index contributed by atoms with van der Waals surface area (Å²) in [5.74, 6) is 0.0820. The van der Waals surface area contributed by atoms with Crippen molar-refractivity contribution in [2.24, 2.45) is 5.73 Å². The first-order valence-electron chi connectivity index (χ1n) is 5.66. The van der Waals surface area contributed by atoms with Gasteiger partial charge in [0.2, 0.25) is 0 Å². The zero-order valence-electron chi connectivity index (χ0n) is 9.81. The summed E-state index contributed by atoms with van der Waals surface area (Å²) in [5, 5.41) is 0. The van der Waals surface area contributed by atoms with E-state index in [0.29, 0.717) is 0 Å². The van der Waals surface area contributed by atoms with Crippen molar-refractivity contribution in [3.63, 3.8) is 0 Å². The molecule has 1 saturated heterocycles. The van der Waals surface area contributed by atoms with Gasteiger partial charge in [-0.15, -0.1) is 0 Å². The maximum atomic E-state index is 12.3. The van der Waals surface area contributed by atoms with Gasteiger partial charge in [0.15, 0.2) is 0 Å². The fourth-order valence-electron chi connectivity index (χ4n) is 2.21. The predicted octanol–water partition coefficient (Wildman–Crippen LogP) is 1.64. The maximum Gasteiger partial charge on any atom is 0.254 e. The molecule has 1 heterocycles. The molecule has 0 saturated carbocycles. The summed E-state index contributed by atoms with van der Waals surface area (Å²) in [5.41, 5.74) is 6.52. The second-order valence-corrected chi connectivity index (χ2v) is 4.87. The zero-order chi connectivity index (χ0) is 11.8. The fourth-order valence-corrected chi connectivity index (χ4v) is 2.21. The van der Waals surface area contributed by atoms with Gasteiger partial charge in [-0.05, 0) is 32.4 Å². The number of amides is 1. The highest BCUT2D eigenvalue weighted by Gasteiger charge is 2.41. The molecule has 86 valence electrons. The molecule has 1 atom stereocenters. The second-order valence-electron chi connectivity index (χ2n) is 4.87. The van der Waals surface area contributed by atoms with E-state index in [4.69, 9.17) is 5.73 Å². The molecule has 1 amide bonds. The second kappa shape index (κ2) is 3.91. The van der Waals surface area contributed by atoms with E-state index in [9.17, 15) is 4.79 Å². The van der Waals surface area contributed by atoms with Gasteiger partial charge in [-0.1, -0.05) is 18.2 Å². The summed E-state index contributed by atoms with van der Waals surface area (Å²) in [4.78, 5) is 14.2. The molecule has 16 heavy (non-hydrogen) atoms. The Morgan fingerprint density at radius 1 is 1.38 bits per heavy atom. The third-order valence-corrected chi connectivity index (χ3v) is 3.53. The molecule has 0 spiro atoms. The number of hydrogen-bond donors (Lipinski definition) is 1. The Balaban J connectivity index is 2.24. The van der Waals surface area contributed by atoms with Crippen molar-refractivity contribution in [2.45, 2.75) is 31.8 Å². The SMILES string of the molecule is CC1(C)C(N)CCN1C(=O)c1ccccc1. The van der Waals surface area contributed by atoms with Gasteiger partial charge in [0.25, 0.3) is 5.91 Å². The van der Waals surface area contributed by atoms with Crippen LogP contribution in [-0.2, 0) is 0 Å². The van der Waals surface area contributed by atoms with E-state index >= 15 is 0 Å². The van der Waals surface area contributed by atoms with Gasteiger partial charge in [-0.3, -0.25) is 4.79 Å². The number of nitrogens with two attached hydrogens (primary N) is 1. The Bertz CT molecular complexity index is 386. The van der Waals surface area contributed by atoms with Crippen molar-refractivity contribution in [3.05, 3.63) is 35.9 Å². The monoisotopic (exact) mass is 218 g/mol. The van der Waals surface area contributed by atoms with Crippen LogP contribution in [0.3, 0.4) is 0 Å². The van der Waals surface area contributed by atoms with Crippen LogP contribution >= 0.6 is 0 Å². The van der Waals surface area contributed by atoms with E-state index in [0.717, 1.165) is 18.5 Å². The highest BCUT2D eigenvalue weighted by molar-refractivity contribution is 5.94. The Morgan fingerprint density at radius 3 is 2.50 bits per heavy atom. The number of carbonyl (C=O) groups is 1. The first kappa shape index (κ1) is 11.1. The van der Waals surface area contributed by atoms with E-state index < -0.39 is 0 Å². The van der Waals surface area contributed by atoms with Gasteiger partial charge in [-0.2, -0.15) is 0 Å². The van der Waals surface area contributed by atoms with Crippen molar-refractivity contribution in [2.75, 3.05) is 6.54 Å². The van der Waals surface area contributed by atoms with E-state index in [1.807, 2.05) is 49.1 Å². The molecule has 2 rings (SSSR count). The molecule has 0 aromatic heterocycles. The molecule has 1 aliphatic rings. The molecule has 1 aliphatic heterocycles. The highest BCUT2D eigenvalue weighted by atomic mass is 16.2. The normalized spacial score (nSPS) is 23.4. The number of carbonyl (C=O) groups excluding carboxylic acids is 1. The Kier molecular flexibility index (Phi) is 2.72. The summed E-state index contributed by atoms with van der Waals surface area (Å²) < 4.78 is 0. The van der Waals surface area contributed by atoms with Crippen molar-refractivity contribution >= 4 is 5.91 Å². The molecule has 0 bridgehead atoms. The molecule has 3 nitrogen and oxygen atoms in total. The first-order chi connectivity index (χ1) is 7.53. The molecule has 1 fully saturated rings. The minimum atomic E-state index is -0.243. The number of benzene rings is 1. The van der Waals surface area contributed by atoms with E-state index in [-0.39, 0.29) is 17.5 Å². The van der Waals surface area contributed by atoms with E-state index in [1.165, 1.54) is 0 Å². The molecule has 1 aromatic carbocycles. The molecule has 2 N–H and O–H groups in total. The van der Waals surface area contributed by atoms with Gasteiger partial charge in [0, 0.05) is 18.2 Å². The third kappa shape index (κ3) is 1.71. The zero-order valence-corrected chi connectivity index (χ0v) is 9.81. The average molecular weight is 218 g/mol. The van der Waals surface area contributed by atoms with Crippen LogP contribution in [-0.4, -0.2) is 28.9 Å². The maximum absolute atomic E-state index is 12.3. The summed E-state index contributed by atoms with van der Waals surface area (Å²) in [6.45, 7) is 4.82. The smallest absolute Gasteiger partial charge is 0.254 e. The van der Waals surface area contributed by atoms with Gasteiger partial charge in [-0.25, -0.2) is 0 Å². The van der Waals surface area contributed by atoms with Crippen molar-refractivity contribution < 1.29 is 4.79 Å². The number of hydrogen-bond acceptors (Lipinski definition) is 2. The third-order valence-electron chi connectivity index (χ3n) is 3.53. The lowest BCUT2D eigenvalue weighted by molar-refractivity contribution is 0.0637. The molecule has 1 unspecified atom stereocenters.